The molecule has 9 nitrogen and oxygen atoms in total. The first kappa shape index (κ1) is 17.6. The molecule has 0 spiro atoms. The molecule has 1 fully saturated rings. The highest BCUT2D eigenvalue weighted by Gasteiger charge is 2.27. The summed E-state index contributed by atoms with van der Waals surface area (Å²) in [6, 6.07) is 9.41. The molecule has 0 aliphatic carbocycles. The van der Waals surface area contributed by atoms with Crippen LogP contribution >= 0.6 is 0 Å². The third kappa shape index (κ3) is 3.51. The minimum Gasteiger partial charge on any atom is -0.461 e. The van der Waals surface area contributed by atoms with Gasteiger partial charge in [0, 0.05) is 38.0 Å². The van der Waals surface area contributed by atoms with Gasteiger partial charge in [-0.05, 0) is 37.1 Å². The number of piperidine rings is 1. The third-order valence-electron chi connectivity index (χ3n) is 5.32. The molecule has 0 saturated carbocycles. The topological polar surface area (TPSA) is 103 Å². The second kappa shape index (κ2) is 7.50. The number of aryl methyl sites for hydroxylation is 1. The zero-order valence-corrected chi connectivity index (χ0v) is 15.8. The highest BCUT2D eigenvalue weighted by Crippen LogP contribution is 2.27. The summed E-state index contributed by atoms with van der Waals surface area (Å²) in [5.41, 5.74) is 0.856. The van der Waals surface area contributed by atoms with Gasteiger partial charge in [-0.3, -0.25) is 9.20 Å². The van der Waals surface area contributed by atoms with E-state index in [1.807, 2.05) is 33.7 Å². The van der Waals surface area contributed by atoms with Crippen molar-refractivity contribution in [3.05, 3.63) is 54.5 Å². The lowest BCUT2D eigenvalue weighted by Crippen LogP contribution is -2.38. The van der Waals surface area contributed by atoms with Crippen molar-refractivity contribution in [3.63, 3.8) is 0 Å². The van der Waals surface area contributed by atoms with E-state index >= 15 is 0 Å². The number of nitrogens with zero attached hydrogens (tertiary/aromatic N) is 6. The molecule has 0 N–H and O–H groups in total. The Morgan fingerprint density at radius 2 is 2.03 bits per heavy atom. The van der Waals surface area contributed by atoms with Gasteiger partial charge in [0.2, 0.25) is 17.6 Å². The quantitative estimate of drug-likeness (QED) is 0.514. The molecule has 5 rings (SSSR count). The molecule has 1 aliphatic heterocycles. The van der Waals surface area contributed by atoms with Gasteiger partial charge in [-0.1, -0.05) is 11.2 Å². The Hall–Kier alpha value is -3.49. The summed E-state index contributed by atoms with van der Waals surface area (Å²) in [7, 11) is 0. The van der Waals surface area contributed by atoms with Gasteiger partial charge in [-0.25, -0.2) is 0 Å². The number of hydrogen-bond donors (Lipinski definition) is 0. The van der Waals surface area contributed by atoms with E-state index in [0.29, 0.717) is 49.3 Å². The first-order chi connectivity index (χ1) is 14.3. The summed E-state index contributed by atoms with van der Waals surface area (Å²) in [6.07, 6.45) is 6.07. The molecule has 5 heterocycles. The minimum absolute atomic E-state index is 0.104. The smallest absolute Gasteiger partial charge is 0.238 e. The number of aromatic nitrogens is 5. The SMILES string of the molecule is O=C(CCc1nc(-c2ccco2)no1)N1CCC(c2nnc3ccccn23)CC1. The van der Waals surface area contributed by atoms with Crippen LogP contribution in [0.15, 0.2) is 51.7 Å². The third-order valence-corrected chi connectivity index (χ3v) is 5.32. The highest BCUT2D eigenvalue weighted by molar-refractivity contribution is 5.76. The Morgan fingerprint density at radius 1 is 1.14 bits per heavy atom. The van der Waals surface area contributed by atoms with Gasteiger partial charge >= 0.3 is 0 Å². The number of furan rings is 1. The Labute approximate surface area is 166 Å². The maximum atomic E-state index is 12.6. The Balaban J connectivity index is 1.15. The first-order valence-corrected chi connectivity index (χ1v) is 9.72. The molecule has 0 bridgehead atoms. The normalized spacial score (nSPS) is 15.2. The van der Waals surface area contributed by atoms with E-state index in [0.717, 1.165) is 24.3 Å². The fraction of sp³-hybridized carbons (Fsp3) is 0.350. The van der Waals surface area contributed by atoms with Crippen LogP contribution in [0, 0.1) is 0 Å². The van der Waals surface area contributed by atoms with Crippen molar-refractivity contribution in [2.45, 2.75) is 31.6 Å². The predicted octanol–water partition coefficient (Wildman–Crippen LogP) is 2.71. The molecule has 4 aromatic heterocycles. The molecule has 0 radical (unpaired) electrons. The number of likely N-dealkylation sites (tertiary alicyclic amines) is 1. The van der Waals surface area contributed by atoms with Crippen LogP contribution in [-0.2, 0) is 11.2 Å². The molecule has 1 saturated heterocycles. The van der Waals surface area contributed by atoms with E-state index in [2.05, 4.69) is 20.3 Å². The Morgan fingerprint density at radius 3 is 2.86 bits per heavy atom. The van der Waals surface area contributed by atoms with Gasteiger partial charge in [0.25, 0.3) is 0 Å². The highest BCUT2D eigenvalue weighted by atomic mass is 16.5. The van der Waals surface area contributed by atoms with Crippen LogP contribution < -0.4 is 0 Å². The van der Waals surface area contributed by atoms with E-state index in [4.69, 9.17) is 8.94 Å². The molecule has 29 heavy (non-hydrogen) atoms. The van der Waals surface area contributed by atoms with Gasteiger partial charge in [0.1, 0.15) is 5.82 Å². The Kier molecular flexibility index (Phi) is 4.55. The van der Waals surface area contributed by atoms with Gasteiger partial charge < -0.3 is 13.8 Å². The second-order valence-corrected chi connectivity index (χ2v) is 7.13. The summed E-state index contributed by atoms with van der Waals surface area (Å²) in [5.74, 6) is 2.78. The Bertz CT molecular complexity index is 1110. The monoisotopic (exact) mass is 392 g/mol. The van der Waals surface area contributed by atoms with Crippen molar-refractivity contribution >= 4 is 11.6 Å². The van der Waals surface area contributed by atoms with Gasteiger partial charge in [-0.2, -0.15) is 4.98 Å². The summed E-state index contributed by atoms with van der Waals surface area (Å²) in [5, 5.41) is 12.5. The molecule has 1 amide bonds. The van der Waals surface area contributed by atoms with Crippen molar-refractivity contribution in [3.8, 4) is 11.6 Å². The molecular formula is C20H20N6O3. The van der Waals surface area contributed by atoms with Crippen molar-refractivity contribution in [1.82, 2.24) is 29.6 Å². The summed E-state index contributed by atoms with van der Waals surface area (Å²) >= 11 is 0. The molecule has 9 heteroatoms. The van der Waals surface area contributed by atoms with Crippen LogP contribution in [0.25, 0.3) is 17.2 Å². The van der Waals surface area contributed by atoms with Crippen LogP contribution in [0.1, 0.15) is 36.9 Å². The van der Waals surface area contributed by atoms with E-state index in [1.54, 1.807) is 18.4 Å². The number of hydrogen-bond acceptors (Lipinski definition) is 7. The number of amides is 1. The molecule has 0 atom stereocenters. The number of pyridine rings is 1. The van der Waals surface area contributed by atoms with Crippen molar-refractivity contribution in [2.24, 2.45) is 0 Å². The van der Waals surface area contributed by atoms with Crippen molar-refractivity contribution < 1.29 is 13.7 Å². The van der Waals surface area contributed by atoms with Crippen LogP contribution in [0.4, 0.5) is 0 Å². The largest absolute Gasteiger partial charge is 0.461 e. The van der Waals surface area contributed by atoms with E-state index in [-0.39, 0.29) is 5.91 Å². The summed E-state index contributed by atoms with van der Waals surface area (Å²) < 4.78 is 12.5. The number of fused-ring (bicyclic) bond motifs is 1. The van der Waals surface area contributed by atoms with Crippen LogP contribution in [0.2, 0.25) is 0 Å². The van der Waals surface area contributed by atoms with Gasteiger partial charge in [0.15, 0.2) is 11.4 Å². The van der Waals surface area contributed by atoms with Crippen LogP contribution in [-0.4, -0.2) is 48.6 Å². The lowest BCUT2D eigenvalue weighted by molar-refractivity contribution is -0.132. The second-order valence-electron chi connectivity index (χ2n) is 7.13. The lowest BCUT2D eigenvalue weighted by atomic mass is 9.95. The predicted molar refractivity (Wildman–Crippen MR) is 102 cm³/mol. The van der Waals surface area contributed by atoms with Crippen molar-refractivity contribution in [2.75, 3.05) is 13.1 Å². The molecular weight excluding hydrogens is 372 g/mol. The maximum absolute atomic E-state index is 12.6. The van der Waals surface area contributed by atoms with Crippen LogP contribution in [0.5, 0.6) is 0 Å². The lowest BCUT2D eigenvalue weighted by Gasteiger charge is -2.31. The van der Waals surface area contributed by atoms with E-state index < -0.39 is 0 Å². The molecule has 4 aromatic rings. The summed E-state index contributed by atoms with van der Waals surface area (Å²) in [6.45, 7) is 1.43. The van der Waals surface area contributed by atoms with Gasteiger partial charge in [0.05, 0.1) is 6.26 Å². The fourth-order valence-corrected chi connectivity index (χ4v) is 3.76. The van der Waals surface area contributed by atoms with Gasteiger partial charge in [-0.15, -0.1) is 10.2 Å². The van der Waals surface area contributed by atoms with Crippen molar-refractivity contribution in [1.29, 1.82) is 0 Å². The van der Waals surface area contributed by atoms with E-state index in [1.165, 1.54) is 0 Å². The van der Waals surface area contributed by atoms with E-state index in [9.17, 15) is 4.79 Å². The standard InChI is InChI=1S/C20H20N6O3/c27-18(7-6-17-21-19(24-29-17)15-4-3-13-28-15)25-11-8-14(9-12-25)20-23-22-16-5-1-2-10-26(16)20/h1-5,10,13-14H,6-9,11-12H2. The number of carbonyl (C=O) groups is 1. The minimum atomic E-state index is 0.104. The number of carbonyl (C=O) groups excluding carboxylic acids is 1. The fourth-order valence-electron chi connectivity index (χ4n) is 3.76. The number of rotatable bonds is 5. The summed E-state index contributed by atoms with van der Waals surface area (Å²) in [4.78, 5) is 18.8. The first-order valence-electron chi connectivity index (χ1n) is 9.72. The molecule has 0 unspecified atom stereocenters. The van der Waals surface area contributed by atoms with Crippen LogP contribution in [0.3, 0.4) is 0 Å². The maximum Gasteiger partial charge on any atom is 0.238 e. The zero-order chi connectivity index (χ0) is 19.6. The molecule has 1 aliphatic rings. The molecule has 148 valence electrons. The zero-order valence-electron chi connectivity index (χ0n) is 15.8. The average Bonchev–Trinajstić information content (AvgIpc) is 3.52. The average molecular weight is 392 g/mol. The molecule has 0 aromatic carbocycles.